The summed E-state index contributed by atoms with van der Waals surface area (Å²) in [5.41, 5.74) is 6.66. The molecule has 0 fully saturated rings. The lowest BCUT2D eigenvalue weighted by molar-refractivity contribution is 0.360. The van der Waals surface area contributed by atoms with Gasteiger partial charge in [0.2, 0.25) is 10.0 Å². The number of nitrogens with zero attached hydrogens (tertiary/aromatic N) is 2. The van der Waals surface area contributed by atoms with Crippen LogP contribution in [-0.2, 0) is 10.0 Å². The summed E-state index contributed by atoms with van der Waals surface area (Å²) in [5, 5.41) is 8.65. The van der Waals surface area contributed by atoms with Crippen LogP contribution in [0.2, 0.25) is 0 Å². The van der Waals surface area contributed by atoms with Crippen molar-refractivity contribution in [3.05, 3.63) is 23.8 Å². The molecule has 0 aliphatic carbocycles. The van der Waals surface area contributed by atoms with E-state index in [2.05, 4.69) is 0 Å². The van der Waals surface area contributed by atoms with E-state index in [4.69, 9.17) is 11.0 Å². The van der Waals surface area contributed by atoms with Crippen molar-refractivity contribution in [2.75, 3.05) is 12.3 Å². The maximum Gasteiger partial charge on any atom is 0.245 e. The molecule has 6 heteroatoms. The molecule has 0 bridgehead atoms. The molecular weight excluding hydrogens is 262 g/mol. The van der Waals surface area contributed by atoms with Crippen molar-refractivity contribution in [1.29, 1.82) is 5.26 Å². The van der Waals surface area contributed by atoms with Gasteiger partial charge < -0.3 is 5.73 Å². The molecule has 0 saturated carbocycles. The Kier molecular flexibility index (Phi) is 4.92. The lowest BCUT2D eigenvalue weighted by Crippen LogP contribution is -2.38. The molecule has 1 aromatic rings. The van der Waals surface area contributed by atoms with Crippen molar-refractivity contribution < 1.29 is 8.42 Å². The van der Waals surface area contributed by atoms with Crippen LogP contribution < -0.4 is 5.73 Å². The number of benzene rings is 1. The number of hydrogen-bond acceptors (Lipinski definition) is 4. The molecule has 0 amide bonds. The van der Waals surface area contributed by atoms with Gasteiger partial charge >= 0.3 is 0 Å². The fourth-order valence-electron chi connectivity index (χ4n) is 1.96. The summed E-state index contributed by atoms with van der Waals surface area (Å²) in [6.45, 7) is 5.45. The van der Waals surface area contributed by atoms with Gasteiger partial charge in [0, 0.05) is 19.0 Å². The molecule has 0 unspecified atom stereocenters. The number of aryl methyl sites for hydroxylation is 1. The lowest BCUT2D eigenvalue weighted by atomic mass is 10.2. The highest BCUT2D eigenvalue weighted by Gasteiger charge is 2.29. The zero-order valence-corrected chi connectivity index (χ0v) is 12.2. The monoisotopic (exact) mass is 281 g/mol. The van der Waals surface area contributed by atoms with Crippen molar-refractivity contribution in [1.82, 2.24) is 4.31 Å². The molecular formula is C13H19N3O2S. The van der Waals surface area contributed by atoms with Crippen LogP contribution in [-0.4, -0.2) is 25.3 Å². The molecule has 0 aliphatic rings. The quantitative estimate of drug-likeness (QED) is 0.835. The molecule has 0 heterocycles. The molecule has 0 atom stereocenters. The SMILES string of the molecule is Cc1cccc(N)c1S(=O)(=O)N(CCC#N)C(C)C. The third-order valence-corrected chi connectivity index (χ3v) is 5.12. The predicted molar refractivity (Wildman–Crippen MR) is 74.8 cm³/mol. The highest BCUT2D eigenvalue weighted by molar-refractivity contribution is 7.89. The standard InChI is InChI=1S/C13H19N3O2S/c1-10(2)16(9-5-8-14)19(17,18)13-11(3)6-4-7-12(13)15/h4,6-7,10H,5,9,15H2,1-3H3. The Labute approximate surface area is 114 Å². The van der Waals surface area contributed by atoms with E-state index in [1.165, 1.54) is 4.31 Å². The summed E-state index contributed by atoms with van der Waals surface area (Å²) >= 11 is 0. The van der Waals surface area contributed by atoms with Crippen molar-refractivity contribution in [2.45, 2.75) is 38.1 Å². The van der Waals surface area contributed by atoms with Crippen LogP contribution in [0.5, 0.6) is 0 Å². The van der Waals surface area contributed by atoms with Gasteiger partial charge in [-0.25, -0.2) is 8.42 Å². The number of rotatable bonds is 5. The smallest absolute Gasteiger partial charge is 0.245 e. The van der Waals surface area contributed by atoms with Gasteiger partial charge in [-0.2, -0.15) is 9.57 Å². The summed E-state index contributed by atoms with van der Waals surface area (Å²) in [4.78, 5) is 0.140. The molecule has 5 nitrogen and oxygen atoms in total. The Balaban J connectivity index is 3.32. The molecule has 2 N–H and O–H groups in total. The van der Waals surface area contributed by atoms with E-state index in [-0.39, 0.29) is 29.6 Å². The van der Waals surface area contributed by atoms with Gasteiger partial charge in [-0.05, 0) is 32.4 Å². The zero-order chi connectivity index (χ0) is 14.6. The molecule has 104 valence electrons. The van der Waals surface area contributed by atoms with E-state index in [1.54, 1.807) is 39.0 Å². The highest BCUT2D eigenvalue weighted by atomic mass is 32.2. The molecule has 19 heavy (non-hydrogen) atoms. The first kappa shape index (κ1) is 15.5. The average molecular weight is 281 g/mol. The molecule has 1 rings (SSSR count). The zero-order valence-electron chi connectivity index (χ0n) is 11.4. The molecule has 0 radical (unpaired) electrons. The second kappa shape index (κ2) is 6.04. The van der Waals surface area contributed by atoms with Crippen LogP contribution in [0, 0.1) is 18.3 Å². The molecule has 0 spiro atoms. The van der Waals surface area contributed by atoms with Crippen LogP contribution in [0.15, 0.2) is 23.1 Å². The van der Waals surface area contributed by atoms with Crippen LogP contribution in [0.25, 0.3) is 0 Å². The summed E-state index contributed by atoms with van der Waals surface area (Å²) in [5.74, 6) is 0. The van der Waals surface area contributed by atoms with Gasteiger partial charge in [0.1, 0.15) is 4.90 Å². The van der Waals surface area contributed by atoms with Crippen molar-refractivity contribution in [3.8, 4) is 6.07 Å². The highest BCUT2D eigenvalue weighted by Crippen LogP contribution is 2.27. The third-order valence-electron chi connectivity index (χ3n) is 2.83. The van der Waals surface area contributed by atoms with Crippen LogP contribution in [0.3, 0.4) is 0 Å². The van der Waals surface area contributed by atoms with E-state index in [0.29, 0.717) is 5.56 Å². The van der Waals surface area contributed by atoms with E-state index in [9.17, 15) is 8.42 Å². The van der Waals surface area contributed by atoms with E-state index in [0.717, 1.165) is 0 Å². The number of anilines is 1. The van der Waals surface area contributed by atoms with E-state index < -0.39 is 10.0 Å². The fourth-order valence-corrected chi connectivity index (χ4v) is 3.92. The summed E-state index contributed by atoms with van der Waals surface area (Å²) in [6, 6.07) is 6.75. The third kappa shape index (κ3) is 3.25. The minimum absolute atomic E-state index is 0.140. The Morgan fingerprint density at radius 1 is 1.42 bits per heavy atom. The van der Waals surface area contributed by atoms with Crippen LogP contribution >= 0.6 is 0 Å². The second-order valence-electron chi connectivity index (χ2n) is 4.61. The molecule has 0 aliphatic heterocycles. The van der Waals surface area contributed by atoms with Gasteiger partial charge in [0.15, 0.2) is 0 Å². The van der Waals surface area contributed by atoms with Gasteiger partial charge in [0.05, 0.1) is 11.8 Å². The maximum absolute atomic E-state index is 12.7. The van der Waals surface area contributed by atoms with Crippen molar-refractivity contribution in [2.24, 2.45) is 0 Å². The van der Waals surface area contributed by atoms with Crippen molar-refractivity contribution in [3.63, 3.8) is 0 Å². The van der Waals surface area contributed by atoms with Gasteiger partial charge in [0.25, 0.3) is 0 Å². The average Bonchev–Trinajstić information content (AvgIpc) is 2.27. The number of sulfonamides is 1. The van der Waals surface area contributed by atoms with Gasteiger partial charge in [-0.3, -0.25) is 0 Å². The Hall–Kier alpha value is -1.58. The van der Waals surface area contributed by atoms with Crippen molar-refractivity contribution >= 4 is 15.7 Å². The number of nitriles is 1. The number of nitrogen functional groups attached to an aromatic ring is 1. The van der Waals surface area contributed by atoms with Gasteiger partial charge in [-0.1, -0.05) is 12.1 Å². The lowest BCUT2D eigenvalue weighted by Gasteiger charge is -2.26. The summed E-state index contributed by atoms with van der Waals surface area (Å²) in [6.07, 6.45) is 0.156. The minimum Gasteiger partial charge on any atom is -0.398 e. The van der Waals surface area contributed by atoms with E-state index in [1.807, 2.05) is 6.07 Å². The second-order valence-corrected chi connectivity index (χ2v) is 6.44. The number of hydrogen-bond donors (Lipinski definition) is 1. The number of nitrogens with two attached hydrogens (primary N) is 1. The Morgan fingerprint density at radius 3 is 2.53 bits per heavy atom. The first-order valence-corrected chi connectivity index (χ1v) is 7.50. The van der Waals surface area contributed by atoms with E-state index >= 15 is 0 Å². The first-order valence-electron chi connectivity index (χ1n) is 6.06. The molecule has 0 aromatic heterocycles. The topological polar surface area (TPSA) is 87.2 Å². The maximum atomic E-state index is 12.7. The van der Waals surface area contributed by atoms with Gasteiger partial charge in [-0.15, -0.1) is 0 Å². The fraction of sp³-hybridized carbons (Fsp3) is 0.462. The summed E-state index contributed by atoms with van der Waals surface area (Å²) in [7, 11) is -3.68. The molecule has 1 aromatic carbocycles. The van der Waals surface area contributed by atoms with Crippen LogP contribution in [0.4, 0.5) is 5.69 Å². The normalized spacial score (nSPS) is 11.8. The summed E-state index contributed by atoms with van der Waals surface area (Å²) < 4.78 is 26.6. The van der Waals surface area contributed by atoms with Crippen LogP contribution in [0.1, 0.15) is 25.8 Å². The molecule has 0 saturated heterocycles. The Bertz CT molecular complexity index is 568. The Morgan fingerprint density at radius 2 is 2.05 bits per heavy atom. The first-order chi connectivity index (χ1) is 8.82. The predicted octanol–water partition coefficient (Wildman–Crippen LogP) is 1.89. The minimum atomic E-state index is -3.68. The largest absolute Gasteiger partial charge is 0.398 e.